The van der Waals surface area contributed by atoms with Crippen LogP contribution >= 0.6 is 15.9 Å². The Morgan fingerprint density at radius 3 is 2.21 bits per heavy atom. The minimum atomic E-state index is -0.897. The number of halogens is 1. The largest absolute Gasteiger partial charge is 0.493 e. The molecule has 1 N–H and O–H groups in total. The molecule has 0 fully saturated rings. The number of hydrogen-bond acceptors (Lipinski definition) is 6. The van der Waals surface area contributed by atoms with Gasteiger partial charge in [-0.25, -0.2) is 0 Å². The molecule has 0 saturated heterocycles. The van der Waals surface area contributed by atoms with Gasteiger partial charge in [-0.15, -0.1) is 0 Å². The van der Waals surface area contributed by atoms with E-state index in [1.54, 1.807) is 7.11 Å². The van der Waals surface area contributed by atoms with Crippen LogP contribution in [-0.4, -0.2) is 47.8 Å². The second kappa shape index (κ2) is 9.71. The van der Waals surface area contributed by atoms with E-state index in [4.69, 9.17) is 9.47 Å². The van der Waals surface area contributed by atoms with Crippen molar-refractivity contribution < 1.29 is 29.0 Å². The van der Waals surface area contributed by atoms with Crippen LogP contribution in [0.2, 0.25) is 0 Å². The first-order chi connectivity index (χ1) is 15.9. The molecule has 0 bridgehead atoms. The molecule has 7 nitrogen and oxygen atoms in total. The molecule has 0 saturated carbocycles. The molecule has 33 heavy (non-hydrogen) atoms. The van der Waals surface area contributed by atoms with E-state index in [1.165, 1.54) is 0 Å². The maximum atomic E-state index is 13.3. The zero-order valence-electron chi connectivity index (χ0n) is 18.9. The van der Waals surface area contributed by atoms with Crippen molar-refractivity contribution in [3.8, 4) is 11.5 Å². The second-order valence-corrected chi connectivity index (χ2v) is 9.32. The fraction of sp³-hybridized carbons (Fsp3) is 0.480. The molecule has 1 aromatic rings. The Morgan fingerprint density at radius 1 is 1.09 bits per heavy atom. The molecular formula is C25H28BrNO6. The van der Waals surface area contributed by atoms with Gasteiger partial charge in [-0.05, 0) is 66.2 Å². The third-order valence-corrected chi connectivity index (χ3v) is 7.10. The number of carbonyl (C=O) groups is 3. The Labute approximate surface area is 201 Å². The van der Waals surface area contributed by atoms with E-state index < -0.39 is 11.9 Å². The minimum absolute atomic E-state index is 0.0236. The topological polar surface area (TPSA) is 93.1 Å². The second-order valence-electron chi connectivity index (χ2n) is 8.47. The summed E-state index contributed by atoms with van der Waals surface area (Å²) >= 11 is 3.58. The maximum Gasteiger partial charge on any atom is 0.305 e. The van der Waals surface area contributed by atoms with Crippen LogP contribution in [0.1, 0.15) is 63.4 Å². The van der Waals surface area contributed by atoms with Gasteiger partial charge in [-0.1, -0.05) is 0 Å². The number of ether oxygens (including phenoxy) is 2. The monoisotopic (exact) mass is 517 g/mol. The Balaban J connectivity index is 1.93. The van der Waals surface area contributed by atoms with Gasteiger partial charge < -0.3 is 19.5 Å². The third-order valence-electron chi connectivity index (χ3n) is 6.51. The number of methoxy groups -OCH3 is 1. The van der Waals surface area contributed by atoms with Crippen LogP contribution in [-0.2, 0) is 14.4 Å². The summed E-state index contributed by atoms with van der Waals surface area (Å²) in [5.41, 5.74) is 3.79. The summed E-state index contributed by atoms with van der Waals surface area (Å²) in [6, 6.07) is 3.76. The first-order valence-corrected chi connectivity index (χ1v) is 12.2. The highest BCUT2D eigenvalue weighted by Crippen LogP contribution is 2.51. The summed E-state index contributed by atoms with van der Waals surface area (Å²) < 4.78 is 12.0. The number of allylic oxidation sites excluding steroid dienone is 4. The molecule has 2 aliphatic carbocycles. The first kappa shape index (κ1) is 23.5. The van der Waals surface area contributed by atoms with Crippen LogP contribution < -0.4 is 9.47 Å². The van der Waals surface area contributed by atoms with E-state index in [0.717, 1.165) is 29.8 Å². The molecule has 4 rings (SSSR count). The van der Waals surface area contributed by atoms with Crippen LogP contribution in [0.4, 0.5) is 0 Å². The van der Waals surface area contributed by atoms with Crippen LogP contribution in [0.15, 0.2) is 39.1 Å². The van der Waals surface area contributed by atoms with Gasteiger partial charge in [0.2, 0.25) is 0 Å². The van der Waals surface area contributed by atoms with Gasteiger partial charge in [0.15, 0.2) is 23.1 Å². The van der Waals surface area contributed by atoms with E-state index in [2.05, 4.69) is 15.9 Å². The van der Waals surface area contributed by atoms with Crippen molar-refractivity contribution in [3.05, 3.63) is 44.7 Å². The lowest BCUT2D eigenvalue weighted by atomic mass is 9.71. The number of nitrogens with zero attached hydrogens (tertiary/aromatic N) is 1. The average molecular weight is 518 g/mol. The lowest BCUT2D eigenvalue weighted by molar-refractivity contribution is -0.137. The predicted octanol–water partition coefficient (Wildman–Crippen LogP) is 4.74. The van der Waals surface area contributed by atoms with E-state index in [1.807, 2.05) is 24.0 Å². The molecule has 0 amide bonds. The van der Waals surface area contributed by atoms with E-state index in [9.17, 15) is 19.5 Å². The number of hydrogen-bond donors (Lipinski definition) is 1. The highest BCUT2D eigenvalue weighted by Gasteiger charge is 2.43. The molecule has 0 radical (unpaired) electrons. The van der Waals surface area contributed by atoms with Crippen molar-refractivity contribution in [3.63, 3.8) is 0 Å². The van der Waals surface area contributed by atoms with Gasteiger partial charge in [-0.3, -0.25) is 14.4 Å². The van der Waals surface area contributed by atoms with Gasteiger partial charge in [-0.2, -0.15) is 0 Å². The number of carboxylic acid groups (broad SMARTS) is 1. The van der Waals surface area contributed by atoms with Crippen LogP contribution in [0.3, 0.4) is 0 Å². The molecule has 176 valence electrons. The standard InChI is InChI=1S/C25H28BrNO6/c1-3-33-25-15(26)12-14(13-20(25)32-2)22-23-16(6-4-8-18(23)28)27(11-10-21(30)31)17-7-5-9-19(29)24(17)22/h12-13,22H,3-11H2,1-2H3,(H,30,31). The lowest BCUT2D eigenvalue weighted by Gasteiger charge is -2.44. The van der Waals surface area contributed by atoms with Crippen molar-refractivity contribution in [2.24, 2.45) is 0 Å². The molecule has 8 heteroatoms. The first-order valence-electron chi connectivity index (χ1n) is 11.4. The quantitative estimate of drug-likeness (QED) is 0.557. The number of carboxylic acids is 1. The summed E-state index contributed by atoms with van der Waals surface area (Å²) in [5, 5.41) is 9.30. The van der Waals surface area contributed by atoms with E-state index in [0.29, 0.717) is 59.4 Å². The summed E-state index contributed by atoms with van der Waals surface area (Å²) in [7, 11) is 1.56. The van der Waals surface area contributed by atoms with Crippen LogP contribution in [0, 0.1) is 0 Å². The van der Waals surface area contributed by atoms with Crippen molar-refractivity contribution in [2.45, 2.75) is 57.8 Å². The molecular weight excluding hydrogens is 490 g/mol. The van der Waals surface area contributed by atoms with Crippen molar-refractivity contribution in [2.75, 3.05) is 20.3 Å². The van der Waals surface area contributed by atoms with Crippen molar-refractivity contribution >= 4 is 33.5 Å². The third kappa shape index (κ3) is 4.33. The molecule has 1 heterocycles. The predicted molar refractivity (Wildman–Crippen MR) is 125 cm³/mol. The number of aliphatic carboxylic acids is 1. The summed E-state index contributed by atoms with van der Waals surface area (Å²) in [4.78, 5) is 39.9. The summed E-state index contributed by atoms with van der Waals surface area (Å²) in [6.07, 6.45) is 3.63. The molecule has 3 aliphatic rings. The van der Waals surface area contributed by atoms with Gasteiger partial charge in [0.25, 0.3) is 0 Å². The van der Waals surface area contributed by atoms with Crippen LogP contribution in [0.5, 0.6) is 11.5 Å². The molecule has 0 aromatic heterocycles. The Kier molecular flexibility index (Phi) is 6.93. The molecule has 0 unspecified atom stereocenters. The van der Waals surface area contributed by atoms with Gasteiger partial charge >= 0.3 is 5.97 Å². The number of ketones is 2. The number of carbonyl (C=O) groups excluding carboxylic acids is 2. The van der Waals surface area contributed by atoms with E-state index in [-0.39, 0.29) is 24.5 Å². The zero-order chi connectivity index (χ0) is 23.7. The number of rotatable bonds is 7. The number of Topliss-reactive ketones (excluding diaryl/α,β-unsaturated/α-hetero) is 2. The maximum absolute atomic E-state index is 13.3. The SMILES string of the molecule is CCOc1c(Br)cc(C2C3=C(CCCC3=O)N(CCC(=O)O)C3=C2C(=O)CCC3)cc1OC. The molecule has 1 aromatic carbocycles. The Morgan fingerprint density at radius 2 is 1.70 bits per heavy atom. The van der Waals surface area contributed by atoms with Gasteiger partial charge in [0.05, 0.1) is 24.6 Å². The highest BCUT2D eigenvalue weighted by molar-refractivity contribution is 9.10. The zero-order valence-corrected chi connectivity index (χ0v) is 20.5. The normalized spacial score (nSPS) is 18.9. The summed E-state index contributed by atoms with van der Waals surface area (Å²) in [5.74, 6) is -0.226. The Bertz CT molecular complexity index is 1030. The van der Waals surface area contributed by atoms with Gasteiger partial charge in [0.1, 0.15) is 0 Å². The van der Waals surface area contributed by atoms with Crippen molar-refractivity contribution in [1.82, 2.24) is 4.90 Å². The fourth-order valence-electron chi connectivity index (χ4n) is 5.22. The number of benzene rings is 1. The molecule has 0 atom stereocenters. The van der Waals surface area contributed by atoms with E-state index >= 15 is 0 Å². The smallest absolute Gasteiger partial charge is 0.305 e. The molecule has 1 aliphatic heterocycles. The Hall–Kier alpha value is -2.61. The van der Waals surface area contributed by atoms with Crippen molar-refractivity contribution in [1.29, 1.82) is 0 Å². The van der Waals surface area contributed by atoms with Crippen LogP contribution in [0.25, 0.3) is 0 Å². The lowest BCUT2D eigenvalue weighted by Crippen LogP contribution is -2.39. The fourth-order valence-corrected chi connectivity index (χ4v) is 5.79. The summed E-state index contributed by atoms with van der Waals surface area (Å²) in [6.45, 7) is 2.62. The average Bonchev–Trinajstić information content (AvgIpc) is 2.78. The van der Waals surface area contributed by atoms with Gasteiger partial charge in [0, 0.05) is 47.8 Å². The molecule has 0 spiro atoms. The highest BCUT2D eigenvalue weighted by atomic mass is 79.9. The minimum Gasteiger partial charge on any atom is -0.493 e.